The van der Waals surface area contributed by atoms with Crippen LogP contribution in [0.3, 0.4) is 0 Å². The fourth-order valence-electron chi connectivity index (χ4n) is 3.49. The normalized spacial score (nSPS) is 11.3. The Balaban J connectivity index is 1.65. The summed E-state index contributed by atoms with van der Waals surface area (Å²) in [5.74, 6) is 1.41. The van der Waals surface area contributed by atoms with Gasteiger partial charge in [0.1, 0.15) is 11.6 Å². The maximum absolute atomic E-state index is 12.3. The van der Waals surface area contributed by atoms with E-state index in [2.05, 4.69) is 16.6 Å². The van der Waals surface area contributed by atoms with Crippen LogP contribution in [0.25, 0.3) is 22.6 Å². The number of aromatic nitrogens is 2. The Morgan fingerprint density at radius 1 is 1.00 bits per heavy atom. The van der Waals surface area contributed by atoms with Crippen molar-refractivity contribution in [3.63, 3.8) is 0 Å². The zero-order valence-corrected chi connectivity index (χ0v) is 20.9. The van der Waals surface area contributed by atoms with Crippen molar-refractivity contribution in [1.29, 1.82) is 0 Å². The van der Waals surface area contributed by atoms with Crippen LogP contribution in [0, 0.1) is 0 Å². The van der Waals surface area contributed by atoms with E-state index in [1.54, 1.807) is 7.11 Å². The molecule has 0 spiro atoms. The van der Waals surface area contributed by atoms with Crippen molar-refractivity contribution < 1.29 is 22.7 Å². The van der Waals surface area contributed by atoms with Crippen molar-refractivity contribution >= 4 is 16.3 Å². The summed E-state index contributed by atoms with van der Waals surface area (Å²) in [6.07, 6.45) is 3.08. The Kier molecular flexibility index (Phi) is 9.68. The smallest absolute Gasteiger partial charge is 0.421 e. The van der Waals surface area contributed by atoms with Gasteiger partial charge in [-0.3, -0.25) is 0 Å². The zero-order chi connectivity index (χ0) is 25.1. The Morgan fingerprint density at radius 3 is 2.43 bits per heavy atom. The second-order valence-electron chi connectivity index (χ2n) is 7.95. The van der Waals surface area contributed by atoms with Crippen LogP contribution in [-0.2, 0) is 21.4 Å². The molecule has 0 aliphatic heterocycles. The Morgan fingerprint density at radius 2 is 1.74 bits per heavy atom. The van der Waals surface area contributed by atoms with Gasteiger partial charge in [-0.2, -0.15) is 13.1 Å². The molecule has 0 bridgehead atoms. The van der Waals surface area contributed by atoms with Gasteiger partial charge in [-0.1, -0.05) is 56.5 Å². The quantitative estimate of drug-likeness (QED) is 0.298. The molecule has 188 valence electrons. The van der Waals surface area contributed by atoms with Gasteiger partial charge in [-0.25, -0.2) is 14.5 Å². The third-order valence-corrected chi connectivity index (χ3v) is 6.32. The van der Waals surface area contributed by atoms with Crippen LogP contribution in [0.15, 0.2) is 54.6 Å². The molecule has 0 fully saturated rings. The van der Waals surface area contributed by atoms with E-state index in [9.17, 15) is 13.2 Å². The van der Waals surface area contributed by atoms with Gasteiger partial charge in [-0.05, 0) is 30.7 Å². The molecule has 1 amide bonds. The van der Waals surface area contributed by atoms with Crippen LogP contribution in [0.5, 0.6) is 5.75 Å². The average molecular weight is 501 g/mol. The summed E-state index contributed by atoms with van der Waals surface area (Å²) in [7, 11) is -2.45. The van der Waals surface area contributed by atoms with Crippen molar-refractivity contribution in [3.8, 4) is 28.4 Å². The number of carbonyl (C=O) groups excluding carboxylic acids is 1. The Labute approximate surface area is 206 Å². The maximum Gasteiger partial charge on any atom is 0.421 e. The van der Waals surface area contributed by atoms with E-state index < -0.39 is 16.3 Å². The largest absolute Gasteiger partial charge is 0.497 e. The molecule has 9 nitrogen and oxygen atoms in total. The number of hydrogen-bond donors (Lipinski definition) is 3. The molecule has 0 aliphatic rings. The van der Waals surface area contributed by atoms with E-state index >= 15 is 0 Å². The maximum atomic E-state index is 12.3. The number of nitrogens with zero attached hydrogens (tertiary/aromatic N) is 1. The number of H-pyrrole nitrogens is 1. The standard InChI is InChI=1S/C25H32N4O5S/c1-3-4-5-9-18-34-25(30)29-35(31,32)26-17-16-22-23(19-12-14-21(33-2)15-13-19)28-24(27-22)20-10-7-6-8-11-20/h6-8,10-15,26H,3-5,9,16-18H2,1-2H3,(H,27,28)(H,29,30). The first-order chi connectivity index (χ1) is 16.9. The number of nitrogens with one attached hydrogen (secondary N) is 3. The molecule has 0 saturated carbocycles. The van der Waals surface area contributed by atoms with E-state index in [1.165, 1.54) is 0 Å². The lowest BCUT2D eigenvalue weighted by atomic mass is 10.1. The summed E-state index contributed by atoms with van der Waals surface area (Å²) in [6, 6.07) is 17.1. The van der Waals surface area contributed by atoms with Crippen LogP contribution in [0.2, 0.25) is 0 Å². The van der Waals surface area contributed by atoms with Crippen molar-refractivity contribution in [3.05, 3.63) is 60.3 Å². The Bertz CT molecular complexity index is 1180. The van der Waals surface area contributed by atoms with E-state index in [1.807, 2.05) is 59.3 Å². The molecule has 3 rings (SSSR count). The molecule has 0 aliphatic carbocycles. The molecule has 3 N–H and O–H groups in total. The second-order valence-corrected chi connectivity index (χ2v) is 9.45. The molecule has 1 aromatic heterocycles. The molecule has 2 aromatic carbocycles. The molecule has 0 atom stereocenters. The highest BCUT2D eigenvalue weighted by molar-refractivity contribution is 7.88. The lowest BCUT2D eigenvalue weighted by Gasteiger charge is -2.09. The van der Waals surface area contributed by atoms with Gasteiger partial charge in [0.15, 0.2) is 0 Å². The van der Waals surface area contributed by atoms with E-state index in [4.69, 9.17) is 14.5 Å². The topological polar surface area (TPSA) is 122 Å². The molecule has 3 aromatic rings. The number of aromatic amines is 1. The second kappa shape index (κ2) is 12.9. The van der Waals surface area contributed by atoms with Gasteiger partial charge >= 0.3 is 16.3 Å². The highest BCUT2D eigenvalue weighted by Gasteiger charge is 2.17. The van der Waals surface area contributed by atoms with Gasteiger partial charge in [0.2, 0.25) is 0 Å². The van der Waals surface area contributed by atoms with Crippen molar-refractivity contribution in [2.45, 2.75) is 39.0 Å². The van der Waals surface area contributed by atoms with Gasteiger partial charge in [0, 0.05) is 29.8 Å². The number of ether oxygens (including phenoxy) is 2. The predicted octanol–water partition coefficient (Wildman–Crippen LogP) is 4.44. The molecule has 35 heavy (non-hydrogen) atoms. The number of unbranched alkanes of at least 4 members (excludes halogenated alkanes) is 3. The third-order valence-electron chi connectivity index (χ3n) is 5.31. The van der Waals surface area contributed by atoms with Gasteiger partial charge in [-0.15, -0.1) is 0 Å². The molecule has 0 radical (unpaired) electrons. The molecular formula is C25H32N4O5S. The molecule has 0 unspecified atom stereocenters. The number of methoxy groups -OCH3 is 1. The predicted molar refractivity (Wildman–Crippen MR) is 135 cm³/mol. The highest BCUT2D eigenvalue weighted by atomic mass is 32.2. The third kappa shape index (κ3) is 8.11. The first-order valence-electron chi connectivity index (χ1n) is 11.6. The van der Waals surface area contributed by atoms with Crippen LogP contribution < -0.4 is 14.2 Å². The minimum absolute atomic E-state index is 0.0543. The number of imidazole rings is 1. The lowest BCUT2D eigenvalue weighted by molar-refractivity contribution is 0.150. The fraction of sp³-hybridized carbons (Fsp3) is 0.360. The minimum Gasteiger partial charge on any atom is -0.497 e. The fourth-order valence-corrected chi connectivity index (χ4v) is 4.21. The number of amides is 1. The van der Waals surface area contributed by atoms with Crippen LogP contribution >= 0.6 is 0 Å². The number of carbonyl (C=O) groups is 1. The van der Waals surface area contributed by atoms with Crippen LogP contribution in [0.1, 0.15) is 38.3 Å². The van der Waals surface area contributed by atoms with Crippen LogP contribution in [0.4, 0.5) is 4.79 Å². The highest BCUT2D eigenvalue weighted by Crippen LogP contribution is 2.27. The summed E-state index contributed by atoms with van der Waals surface area (Å²) in [5, 5.41) is 0. The summed E-state index contributed by atoms with van der Waals surface area (Å²) < 4.78 is 39.0. The van der Waals surface area contributed by atoms with Crippen molar-refractivity contribution in [1.82, 2.24) is 19.4 Å². The van der Waals surface area contributed by atoms with Gasteiger partial charge in [0.05, 0.1) is 19.4 Å². The van der Waals surface area contributed by atoms with E-state index in [-0.39, 0.29) is 13.2 Å². The summed E-state index contributed by atoms with van der Waals surface area (Å²) in [4.78, 5) is 19.9. The molecule has 10 heteroatoms. The van der Waals surface area contributed by atoms with Gasteiger partial charge < -0.3 is 14.5 Å². The first-order valence-corrected chi connectivity index (χ1v) is 13.1. The molecule has 1 heterocycles. The van der Waals surface area contributed by atoms with Crippen molar-refractivity contribution in [2.24, 2.45) is 0 Å². The monoisotopic (exact) mass is 500 g/mol. The van der Waals surface area contributed by atoms with Crippen LogP contribution in [-0.4, -0.2) is 44.7 Å². The number of hydrogen-bond acceptors (Lipinski definition) is 6. The lowest BCUT2D eigenvalue weighted by Crippen LogP contribution is -2.41. The number of benzene rings is 2. The zero-order valence-electron chi connectivity index (χ0n) is 20.0. The summed E-state index contributed by atoms with van der Waals surface area (Å²) >= 11 is 0. The average Bonchev–Trinajstić information content (AvgIpc) is 3.28. The molecular weight excluding hydrogens is 468 g/mol. The first kappa shape index (κ1) is 26.2. The molecule has 0 saturated heterocycles. The van der Waals surface area contributed by atoms with Crippen molar-refractivity contribution in [2.75, 3.05) is 20.3 Å². The number of rotatable bonds is 13. The van der Waals surface area contributed by atoms with E-state index in [0.717, 1.165) is 41.8 Å². The minimum atomic E-state index is -4.06. The summed E-state index contributed by atoms with van der Waals surface area (Å²) in [6.45, 7) is 2.32. The SMILES string of the molecule is CCCCCCOC(=O)NS(=O)(=O)NCCc1[nH]c(-c2ccccc2)nc1-c1ccc(OC)cc1. The van der Waals surface area contributed by atoms with E-state index in [0.29, 0.717) is 24.4 Å². The van der Waals surface area contributed by atoms with Gasteiger partial charge in [0.25, 0.3) is 0 Å². The Hall–Kier alpha value is -3.37. The summed E-state index contributed by atoms with van der Waals surface area (Å²) in [5.41, 5.74) is 3.25.